The SMILES string of the molecule is COC(=O)[C@H](C)NCc1c(C)oc2ccccc12. The summed E-state index contributed by atoms with van der Waals surface area (Å²) in [6.07, 6.45) is 0. The molecule has 0 amide bonds. The molecule has 1 atom stereocenters. The number of hydrogen-bond donors (Lipinski definition) is 1. The van der Waals surface area contributed by atoms with Gasteiger partial charge >= 0.3 is 5.97 Å². The number of carbonyl (C=O) groups excluding carboxylic acids is 1. The maximum Gasteiger partial charge on any atom is 0.322 e. The number of benzene rings is 1. The van der Waals surface area contributed by atoms with Crippen molar-refractivity contribution >= 4 is 16.9 Å². The van der Waals surface area contributed by atoms with Gasteiger partial charge in [0, 0.05) is 17.5 Å². The van der Waals surface area contributed by atoms with Crippen molar-refractivity contribution in [3.63, 3.8) is 0 Å². The van der Waals surface area contributed by atoms with Crippen LogP contribution in [0.5, 0.6) is 0 Å². The summed E-state index contributed by atoms with van der Waals surface area (Å²) in [5.41, 5.74) is 1.96. The molecule has 0 aliphatic heterocycles. The minimum atomic E-state index is -0.330. The monoisotopic (exact) mass is 247 g/mol. The van der Waals surface area contributed by atoms with Crippen molar-refractivity contribution in [3.8, 4) is 0 Å². The van der Waals surface area contributed by atoms with Gasteiger partial charge < -0.3 is 14.5 Å². The van der Waals surface area contributed by atoms with Gasteiger partial charge in [-0.25, -0.2) is 0 Å². The van der Waals surface area contributed by atoms with Crippen LogP contribution in [0.1, 0.15) is 18.2 Å². The zero-order valence-corrected chi connectivity index (χ0v) is 10.8. The number of ether oxygens (including phenoxy) is 1. The Morgan fingerprint density at radius 3 is 2.89 bits per heavy atom. The molecule has 0 saturated carbocycles. The van der Waals surface area contributed by atoms with Crippen molar-refractivity contribution in [1.29, 1.82) is 0 Å². The molecule has 4 nitrogen and oxygen atoms in total. The van der Waals surface area contributed by atoms with Crippen LogP contribution in [0.3, 0.4) is 0 Å². The summed E-state index contributed by atoms with van der Waals surface area (Å²) in [7, 11) is 1.39. The third kappa shape index (κ3) is 2.38. The van der Waals surface area contributed by atoms with Gasteiger partial charge in [-0.2, -0.15) is 0 Å². The van der Waals surface area contributed by atoms with Gasteiger partial charge in [0.25, 0.3) is 0 Å². The highest BCUT2D eigenvalue weighted by atomic mass is 16.5. The number of fused-ring (bicyclic) bond motifs is 1. The second kappa shape index (κ2) is 5.23. The van der Waals surface area contributed by atoms with Gasteiger partial charge in [0.2, 0.25) is 0 Å². The highest BCUT2D eigenvalue weighted by molar-refractivity contribution is 5.82. The standard InChI is InChI=1S/C14H17NO3/c1-9(14(16)17-3)15-8-12-10(2)18-13-7-5-4-6-11(12)13/h4-7,9,15H,8H2,1-3H3/t9-/m0/s1. The topological polar surface area (TPSA) is 51.5 Å². The fourth-order valence-electron chi connectivity index (χ4n) is 1.96. The number of rotatable bonds is 4. The quantitative estimate of drug-likeness (QED) is 0.843. The summed E-state index contributed by atoms with van der Waals surface area (Å²) in [5.74, 6) is 0.612. The molecule has 18 heavy (non-hydrogen) atoms. The van der Waals surface area contributed by atoms with Gasteiger partial charge in [0.15, 0.2) is 0 Å². The molecule has 1 N–H and O–H groups in total. The van der Waals surface area contributed by atoms with Crippen LogP contribution in [0.2, 0.25) is 0 Å². The van der Waals surface area contributed by atoms with Gasteiger partial charge in [-0.15, -0.1) is 0 Å². The van der Waals surface area contributed by atoms with Crippen LogP contribution in [0, 0.1) is 6.92 Å². The van der Waals surface area contributed by atoms with E-state index in [9.17, 15) is 4.79 Å². The van der Waals surface area contributed by atoms with Crippen LogP contribution in [0.15, 0.2) is 28.7 Å². The largest absolute Gasteiger partial charge is 0.468 e. The maximum absolute atomic E-state index is 11.3. The Labute approximate surface area is 106 Å². The highest BCUT2D eigenvalue weighted by Gasteiger charge is 2.15. The summed E-state index contributed by atoms with van der Waals surface area (Å²) in [6, 6.07) is 7.55. The lowest BCUT2D eigenvalue weighted by atomic mass is 10.1. The molecule has 0 saturated heterocycles. The molecular weight excluding hydrogens is 230 g/mol. The maximum atomic E-state index is 11.3. The summed E-state index contributed by atoms with van der Waals surface area (Å²) < 4.78 is 10.3. The first kappa shape index (κ1) is 12.6. The van der Waals surface area contributed by atoms with E-state index in [1.165, 1.54) is 7.11 Å². The average molecular weight is 247 g/mol. The number of hydrogen-bond acceptors (Lipinski definition) is 4. The first-order valence-electron chi connectivity index (χ1n) is 5.91. The van der Waals surface area contributed by atoms with Crippen molar-refractivity contribution in [1.82, 2.24) is 5.32 Å². The fraction of sp³-hybridized carbons (Fsp3) is 0.357. The van der Waals surface area contributed by atoms with E-state index in [4.69, 9.17) is 4.42 Å². The Morgan fingerprint density at radius 1 is 1.44 bits per heavy atom. The summed E-state index contributed by atoms with van der Waals surface area (Å²) in [5, 5.41) is 4.22. The molecule has 0 aliphatic carbocycles. The van der Waals surface area contributed by atoms with Crippen molar-refractivity contribution in [2.45, 2.75) is 26.4 Å². The molecule has 0 aliphatic rings. The molecule has 2 aromatic rings. The van der Waals surface area contributed by atoms with Crippen molar-refractivity contribution in [2.75, 3.05) is 7.11 Å². The van der Waals surface area contributed by atoms with Crippen molar-refractivity contribution in [2.24, 2.45) is 0 Å². The lowest BCUT2D eigenvalue weighted by Crippen LogP contribution is -2.34. The lowest BCUT2D eigenvalue weighted by Gasteiger charge is -2.10. The van der Waals surface area contributed by atoms with E-state index in [0.29, 0.717) is 6.54 Å². The molecule has 0 fully saturated rings. The number of carbonyl (C=O) groups is 1. The van der Waals surface area contributed by atoms with Crippen molar-refractivity contribution < 1.29 is 13.9 Å². The van der Waals surface area contributed by atoms with E-state index >= 15 is 0 Å². The molecular formula is C14H17NO3. The van der Waals surface area contributed by atoms with Crippen LogP contribution in [-0.2, 0) is 16.1 Å². The van der Waals surface area contributed by atoms with Gasteiger partial charge in [-0.1, -0.05) is 18.2 Å². The predicted octanol–water partition coefficient (Wildman–Crippen LogP) is 2.39. The van der Waals surface area contributed by atoms with Crippen LogP contribution >= 0.6 is 0 Å². The Kier molecular flexibility index (Phi) is 3.67. The predicted molar refractivity (Wildman–Crippen MR) is 69.3 cm³/mol. The minimum Gasteiger partial charge on any atom is -0.468 e. The number of nitrogens with one attached hydrogen (secondary N) is 1. The fourth-order valence-corrected chi connectivity index (χ4v) is 1.96. The Hall–Kier alpha value is -1.81. The number of aryl methyl sites for hydroxylation is 1. The van der Waals surface area contributed by atoms with E-state index in [1.54, 1.807) is 6.92 Å². The van der Waals surface area contributed by atoms with Gasteiger partial charge in [0.1, 0.15) is 17.4 Å². The molecule has 4 heteroatoms. The normalized spacial score (nSPS) is 12.6. The van der Waals surface area contributed by atoms with Crippen LogP contribution in [0.4, 0.5) is 0 Å². The van der Waals surface area contributed by atoms with Crippen LogP contribution in [-0.4, -0.2) is 19.1 Å². The molecule has 1 aromatic carbocycles. The first-order valence-corrected chi connectivity index (χ1v) is 5.91. The molecule has 96 valence electrons. The van der Waals surface area contributed by atoms with Crippen LogP contribution < -0.4 is 5.32 Å². The average Bonchev–Trinajstić information content (AvgIpc) is 2.70. The summed E-state index contributed by atoms with van der Waals surface area (Å²) >= 11 is 0. The van der Waals surface area contributed by atoms with E-state index in [1.807, 2.05) is 31.2 Å². The van der Waals surface area contributed by atoms with Gasteiger partial charge in [0.05, 0.1) is 7.11 Å². The Balaban J connectivity index is 2.17. The van der Waals surface area contributed by atoms with Crippen molar-refractivity contribution in [3.05, 3.63) is 35.6 Å². The number of para-hydroxylation sites is 1. The third-order valence-electron chi connectivity index (χ3n) is 3.04. The zero-order chi connectivity index (χ0) is 13.1. The van der Waals surface area contributed by atoms with E-state index in [0.717, 1.165) is 22.3 Å². The first-order chi connectivity index (χ1) is 8.63. The van der Waals surface area contributed by atoms with E-state index < -0.39 is 0 Å². The molecule has 0 unspecified atom stereocenters. The molecule has 0 spiro atoms. The third-order valence-corrected chi connectivity index (χ3v) is 3.04. The summed E-state index contributed by atoms with van der Waals surface area (Å²) in [6.45, 7) is 4.29. The summed E-state index contributed by atoms with van der Waals surface area (Å²) in [4.78, 5) is 11.3. The van der Waals surface area contributed by atoms with Gasteiger partial charge in [-0.3, -0.25) is 4.79 Å². The second-order valence-corrected chi connectivity index (χ2v) is 4.26. The molecule has 2 rings (SSSR count). The molecule has 1 aromatic heterocycles. The number of esters is 1. The van der Waals surface area contributed by atoms with E-state index in [2.05, 4.69) is 10.1 Å². The Bertz CT molecular complexity index is 559. The smallest absolute Gasteiger partial charge is 0.322 e. The van der Waals surface area contributed by atoms with E-state index in [-0.39, 0.29) is 12.0 Å². The van der Waals surface area contributed by atoms with Gasteiger partial charge in [-0.05, 0) is 19.9 Å². The Morgan fingerprint density at radius 2 is 2.17 bits per heavy atom. The minimum absolute atomic E-state index is 0.263. The molecule has 1 heterocycles. The molecule has 0 radical (unpaired) electrons. The molecule has 0 bridgehead atoms. The number of furan rings is 1. The number of methoxy groups -OCH3 is 1. The second-order valence-electron chi connectivity index (χ2n) is 4.26. The zero-order valence-electron chi connectivity index (χ0n) is 10.8. The highest BCUT2D eigenvalue weighted by Crippen LogP contribution is 2.24. The lowest BCUT2D eigenvalue weighted by molar-refractivity contribution is -0.142. The van der Waals surface area contributed by atoms with Crippen LogP contribution in [0.25, 0.3) is 11.0 Å².